The Balaban J connectivity index is 2.90. The predicted molar refractivity (Wildman–Crippen MR) is 58.4 cm³/mol. The van der Waals surface area contributed by atoms with Crippen molar-refractivity contribution in [2.45, 2.75) is 24.4 Å². The lowest BCUT2D eigenvalue weighted by Crippen LogP contribution is -2.42. The summed E-state index contributed by atoms with van der Waals surface area (Å²) >= 11 is 0. The number of rotatable bonds is 6. The van der Waals surface area contributed by atoms with Crippen molar-refractivity contribution in [3.8, 4) is 0 Å². The number of carbonyl (C=O) groups is 3. The maximum absolute atomic E-state index is 11.4. The lowest BCUT2D eigenvalue weighted by molar-refractivity contribution is -0.169. The molecule has 1 heterocycles. The molecular weight excluding hydrogens is 296 g/mol. The summed E-state index contributed by atoms with van der Waals surface area (Å²) < 4.78 is 8.78. The molecule has 0 amide bonds. The van der Waals surface area contributed by atoms with Gasteiger partial charge in [-0.3, -0.25) is 0 Å². The fourth-order valence-corrected chi connectivity index (χ4v) is 1.35. The molecule has 0 spiro atoms. The van der Waals surface area contributed by atoms with Gasteiger partial charge in [0.15, 0.2) is 18.3 Å². The summed E-state index contributed by atoms with van der Waals surface area (Å²) in [5.41, 5.74) is 0. The first-order valence-corrected chi connectivity index (χ1v) is 5.44. The maximum atomic E-state index is 11.4. The van der Waals surface area contributed by atoms with Crippen LogP contribution in [0.4, 0.5) is 0 Å². The first kappa shape index (κ1) is 16.8. The van der Waals surface area contributed by atoms with Gasteiger partial charge in [-0.05, 0) is 0 Å². The molecule has 4 atom stereocenters. The highest BCUT2D eigenvalue weighted by Crippen LogP contribution is 2.25. The number of carboxylic acid groups (broad SMARTS) is 1. The van der Waals surface area contributed by atoms with E-state index in [0.29, 0.717) is 0 Å². The predicted octanol–water partition coefficient (Wildman–Crippen LogP) is -3.62. The van der Waals surface area contributed by atoms with Gasteiger partial charge in [-0.1, -0.05) is 0 Å². The number of carboxylic acids is 1. The average molecular weight is 308 g/mol. The van der Waals surface area contributed by atoms with Crippen LogP contribution in [0.2, 0.25) is 0 Å². The van der Waals surface area contributed by atoms with E-state index < -0.39 is 60.4 Å². The first-order chi connectivity index (χ1) is 9.70. The fourth-order valence-electron chi connectivity index (χ4n) is 1.35. The second kappa shape index (κ2) is 6.49. The van der Waals surface area contributed by atoms with Crippen LogP contribution in [0, 0.1) is 0 Å². The van der Waals surface area contributed by atoms with Crippen molar-refractivity contribution in [1.29, 1.82) is 0 Å². The SMILES string of the molecule is O=C1O[C@H]([C@@H](O)CO)C(OC(=O)C(O)C(O)C(=O)O)=C1O. The van der Waals surface area contributed by atoms with Crippen LogP contribution in [0.5, 0.6) is 0 Å². The molecule has 21 heavy (non-hydrogen) atoms. The summed E-state index contributed by atoms with van der Waals surface area (Å²) in [6.45, 7) is -0.910. The van der Waals surface area contributed by atoms with E-state index in [-0.39, 0.29) is 0 Å². The largest absolute Gasteiger partial charge is 0.499 e. The van der Waals surface area contributed by atoms with Crippen LogP contribution in [0.15, 0.2) is 11.5 Å². The quantitative estimate of drug-likeness (QED) is 0.265. The zero-order valence-electron chi connectivity index (χ0n) is 10.2. The Hall–Kier alpha value is -2.21. The highest BCUT2D eigenvalue weighted by molar-refractivity contribution is 5.91. The molecular formula is C10H12O11. The van der Waals surface area contributed by atoms with Crippen molar-refractivity contribution in [2.75, 3.05) is 6.61 Å². The summed E-state index contributed by atoms with van der Waals surface area (Å²) in [6.07, 6.45) is -8.46. The molecule has 0 bridgehead atoms. The molecule has 0 fully saturated rings. The van der Waals surface area contributed by atoms with Crippen molar-refractivity contribution in [3.05, 3.63) is 11.5 Å². The molecule has 0 aromatic carbocycles. The number of aliphatic hydroxyl groups is 5. The average Bonchev–Trinajstić information content (AvgIpc) is 2.72. The van der Waals surface area contributed by atoms with Crippen molar-refractivity contribution in [1.82, 2.24) is 0 Å². The van der Waals surface area contributed by atoms with Gasteiger partial charge in [-0.15, -0.1) is 0 Å². The van der Waals surface area contributed by atoms with Crippen LogP contribution < -0.4 is 0 Å². The number of aliphatic carboxylic acids is 1. The summed E-state index contributed by atoms with van der Waals surface area (Å²) in [5, 5.41) is 54.0. The van der Waals surface area contributed by atoms with E-state index in [4.69, 9.17) is 15.3 Å². The standard InChI is InChI=1S/C10H12O11/c11-1-2(12)6-7(5(15)10(19)20-6)21-9(18)4(14)3(13)8(16)17/h2-4,6,11-15H,1H2,(H,16,17)/t2-,3?,4?,6+/m0/s1. The van der Waals surface area contributed by atoms with E-state index in [0.717, 1.165) is 0 Å². The van der Waals surface area contributed by atoms with Gasteiger partial charge in [0.25, 0.3) is 0 Å². The van der Waals surface area contributed by atoms with Gasteiger partial charge in [0, 0.05) is 0 Å². The minimum Gasteiger partial charge on any atom is -0.499 e. The smallest absolute Gasteiger partial charge is 0.378 e. The topological polar surface area (TPSA) is 191 Å². The van der Waals surface area contributed by atoms with Crippen molar-refractivity contribution in [2.24, 2.45) is 0 Å². The lowest BCUT2D eigenvalue weighted by Gasteiger charge is -2.19. The van der Waals surface area contributed by atoms with Gasteiger partial charge in [-0.2, -0.15) is 0 Å². The van der Waals surface area contributed by atoms with Crippen LogP contribution in [0.1, 0.15) is 0 Å². The van der Waals surface area contributed by atoms with Gasteiger partial charge in [0.05, 0.1) is 6.61 Å². The Morgan fingerprint density at radius 3 is 2.29 bits per heavy atom. The third-order valence-corrected chi connectivity index (χ3v) is 2.46. The van der Waals surface area contributed by atoms with Crippen LogP contribution >= 0.6 is 0 Å². The summed E-state index contributed by atoms with van der Waals surface area (Å²) in [5.74, 6) is -7.09. The summed E-state index contributed by atoms with van der Waals surface area (Å²) in [6, 6.07) is 0. The first-order valence-electron chi connectivity index (χ1n) is 5.44. The third kappa shape index (κ3) is 3.46. The molecule has 1 rings (SSSR count). The van der Waals surface area contributed by atoms with Crippen molar-refractivity contribution in [3.63, 3.8) is 0 Å². The Labute approximate surface area is 116 Å². The van der Waals surface area contributed by atoms with Gasteiger partial charge in [0.2, 0.25) is 11.5 Å². The van der Waals surface area contributed by atoms with E-state index >= 15 is 0 Å². The molecule has 0 radical (unpaired) electrons. The number of carbonyl (C=O) groups excluding carboxylic acids is 2. The Bertz CT molecular complexity index is 481. The number of hydrogen-bond acceptors (Lipinski definition) is 10. The van der Waals surface area contributed by atoms with E-state index in [2.05, 4.69) is 9.47 Å². The molecule has 0 saturated carbocycles. The molecule has 1 aliphatic heterocycles. The summed E-state index contributed by atoms with van der Waals surface area (Å²) in [4.78, 5) is 32.9. The van der Waals surface area contributed by atoms with E-state index in [1.807, 2.05) is 0 Å². The zero-order chi connectivity index (χ0) is 16.3. The molecule has 118 valence electrons. The molecule has 0 aliphatic carbocycles. The third-order valence-electron chi connectivity index (χ3n) is 2.46. The lowest BCUT2D eigenvalue weighted by atomic mass is 10.1. The Kier molecular flexibility index (Phi) is 5.21. The fraction of sp³-hybridized carbons (Fsp3) is 0.500. The molecule has 11 heteroatoms. The highest BCUT2D eigenvalue weighted by atomic mass is 16.6. The van der Waals surface area contributed by atoms with Crippen LogP contribution in [0.25, 0.3) is 0 Å². The highest BCUT2D eigenvalue weighted by Gasteiger charge is 2.43. The number of esters is 2. The van der Waals surface area contributed by atoms with Gasteiger partial charge >= 0.3 is 17.9 Å². The summed E-state index contributed by atoms with van der Waals surface area (Å²) in [7, 11) is 0. The molecule has 0 aromatic heterocycles. The number of cyclic esters (lactones) is 1. The van der Waals surface area contributed by atoms with Gasteiger partial charge in [0.1, 0.15) is 6.10 Å². The minimum atomic E-state index is -2.51. The Morgan fingerprint density at radius 1 is 1.24 bits per heavy atom. The number of aliphatic hydroxyl groups excluding tert-OH is 5. The molecule has 0 aromatic rings. The number of ether oxygens (including phenoxy) is 2. The monoisotopic (exact) mass is 308 g/mol. The Morgan fingerprint density at radius 2 is 1.81 bits per heavy atom. The zero-order valence-corrected chi connectivity index (χ0v) is 10.2. The normalized spacial score (nSPS) is 22.5. The van der Waals surface area contributed by atoms with E-state index in [1.54, 1.807) is 0 Å². The molecule has 2 unspecified atom stereocenters. The van der Waals surface area contributed by atoms with Gasteiger partial charge in [-0.25, -0.2) is 14.4 Å². The van der Waals surface area contributed by atoms with Crippen molar-refractivity contribution >= 4 is 17.9 Å². The second-order valence-corrected chi connectivity index (χ2v) is 3.94. The van der Waals surface area contributed by atoms with Crippen LogP contribution in [-0.2, 0) is 23.9 Å². The molecule has 1 aliphatic rings. The molecule has 11 nitrogen and oxygen atoms in total. The molecule has 6 N–H and O–H groups in total. The van der Waals surface area contributed by atoms with Crippen LogP contribution in [0.3, 0.4) is 0 Å². The van der Waals surface area contributed by atoms with Crippen molar-refractivity contribution < 1.29 is 54.5 Å². The van der Waals surface area contributed by atoms with Gasteiger partial charge < -0.3 is 40.1 Å². The number of hydrogen-bond donors (Lipinski definition) is 6. The van der Waals surface area contributed by atoms with E-state index in [1.165, 1.54) is 0 Å². The molecule has 0 saturated heterocycles. The van der Waals surface area contributed by atoms with E-state index in [9.17, 15) is 29.7 Å². The maximum Gasteiger partial charge on any atom is 0.378 e. The second-order valence-electron chi connectivity index (χ2n) is 3.94. The minimum absolute atomic E-state index is 0.910. The van der Waals surface area contributed by atoms with Crippen LogP contribution in [-0.4, -0.2) is 79.6 Å².